The number of hydrogen-bond acceptors (Lipinski definition) is 6. The van der Waals surface area contributed by atoms with Gasteiger partial charge in [-0.05, 0) is 31.9 Å². The Hall–Kier alpha value is -3.33. The third-order valence-electron chi connectivity index (χ3n) is 6.06. The number of carbonyl (C=O) groups excluding carboxylic acids is 1. The third-order valence-corrected chi connectivity index (χ3v) is 6.06. The van der Waals surface area contributed by atoms with Gasteiger partial charge in [-0.1, -0.05) is 0 Å². The van der Waals surface area contributed by atoms with Crippen LogP contribution in [0.15, 0.2) is 30.7 Å². The lowest BCUT2D eigenvalue weighted by atomic mass is 10.1. The molecule has 1 N–H and O–H groups in total. The predicted molar refractivity (Wildman–Crippen MR) is 104 cm³/mol. The molecule has 1 amide bonds. The Balaban J connectivity index is 1.46. The summed E-state index contributed by atoms with van der Waals surface area (Å²) in [6.07, 6.45) is 7.50. The highest BCUT2D eigenvalue weighted by Crippen LogP contribution is 2.31. The molecular weight excluding hydrogens is 370 g/mol. The normalized spacial score (nSPS) is 21.3. The Bertz CT molecular complexity index is 1240. The molecule has 2 aliphatic heterocycles. The van der Waals surface area contributed by atoms with Crippen molar-refractivity contribution in [3.05, 3.63) is 42.2 Å². The summed E-state index contributed by atoms with van der Waals surface area (Å²) >= 11 is 0. The highest BCUT2D eigenvalue weighted by Gasteiger charge is 2.42. The van der Waals surface area contributed by atoms with Gasteiger partial charge < -0.3 is 9.64 Å². The highest BCUT2D eigenvalue weighted by molar-refractivity contribution is 5.95. The lowest BCUT2D eigenvalue weighted by Crippen LogP contribution is -2.49. The zero-order valence-corrected chi connectivity index (χ0v) is 15.9. The van der Waals surface area contributed by atoms with Crippen LogP contribution in [0, 0.1) is 6.92 Å². The van der Waals surface area contributed by atoms with Gasteiger partial charge in [-0.2, -0.15) is 5.10 Å². The summed E-state index contributed by atoms with van der Waals surface area (Å²) in [6.45, 7) is 3.14. The van der Waals surface area contributed by atoms with Crippen LogP contribution >= 0.6 is 0 Å². The molecule has 2 bridgehead atoms. The first-order valence-corrected chi connectivity index (χ1v) is 9.75. The van der Waals surface area contributed by atoms with Gasteiger partial charge in [0, 0.05) is 28.9 Å². The predicted octanol–water partition coefficient (Wildman–Crippen LogP) is 1.98. The maximum atomic E-state index is 13.3. The second-order valence-corrected chi connectivity index (χ2v) is 7.72. The number of morpholine rings is 1. The van der Waals surface area contributed by atoms with Crippen molar-refractivity contribution in [3.8, 4) is 11.1 Å². The number of carbonyl (C=O) groups is 1. The lowest BCUT2D eigenvalue weighted by molar-refractivity contribution is -0.00785. The fourth-order valence-electron chi connectivity index (χ4n) is 4.56. The highest BCUT2D eigenvalue weighted by atomic mass is 16.5. The van der Waals surface area contributed by atoms with Crippen LogP contribution in [-0.2, 0) is 4.74 Å². The van der Waals surface area contributed by atoms with Crippen LogP contribution in [0.1, 0.15) is 29.2 Å². The van der Waals surface area contributed by atoms with Crippen LogP contribution in [0.2, 0.25) is 0 Å². The van der Waals surface area contributed by atoms with E-state index in [4.69, 9.17) is 4.74 Å². The quantitative estimate of drug-likeness (QED) is 0.563. The number of aryl methyl sites for hydroxylation is 1. The standard InChI is InChI=1S/C20H19N7O2/c1-11-18-16(7-22-24-18)15(6-21-11)12-2-5-17-23-25-19(26(17)8-12)20(28)27-13-3-4-14(27)10-29-9-13/h2,5-8,13-14H,3-4,9-10H2,1H3,(H,22,24). The van der Waals surface area contributed by atoms with E-state index in [0.717, 1.165) is 40.6 Å². The van der Waals surface area contributed by atoms with E-state index in [-0.39, 0.29) is 18.0 Å². The molecule has 9 nitrogen and oxygen atoms in total. The van der Waals surface area contributed by atoms with Gasteiger partial charge in [0.15, 0.2) is 5.65 Å². The summed E-state index contributed by atoms with van der Waals surface area (Å²) in [5.41, 5.74) is 4.31. The van der Waals surface area contributed by atoms with Crippen LogP contribution in [0.25, 0.3) is 27.7 Å². The Morgan fingerprint density at radius 3 is 2.83 bits per heavy atom. The smallest absolute Gasteiger partial charge is 0.292 e. The zero-order chi connectivity index (χ0) is 19.5. The minimum atomic E-state index is -0.0825. The average Bonchev–Trinajstić information content (AvgIpc) is 3.44. The Morgan fingerprint density at radius 1 is 1.17 bits per heavy atom. The summed E-state index contributed by atoms with van der Waals surface area (Å²) in [4.78, 5) is 19.7. The summed E-state index contributed by atoms with van der Waals surface area (Å²) in [6, 6.07) is 4.10. The van der Waals surface area contributed by atoms with E-state index < -0.39 is 0 Å². The number of nitrogens with one attached hydrogen (secondary N) is 1. The molecule has 2 unspecified atom stereocenters. The van der Waals surface area contributed by atoms with Crippen LogP contribution in [0.3, 0.4) is 0 Å². The molecule has 0 aromatic carbocycles. The lowest BCUT2D eigenvalue weighted by Gasteiger charge is -2.34. The first kappa shape index (κ1) is 16.6. The molecule has 4 aromatic rings. The fourth-order valence-corrected chi connectivity index (χ4v) is 4.56. The van der Waals surface area contributed by atoms with Crippen molar-refractivity contribution >= 4 is 22.5 Å². The van der Waals surface area contributed by atoms with Crippen molar-refractivity contribution in [2.24, 2.45) is 0 Å². The number of ether oxygens (including phenoxy) is 1. The second-order valence-electron chi connectivity index (χ2n) is 7.72. The van der Waals surface area contributed by atoms with Crippen molar-refractivity contribution in [2.75, 3.05) is 13.2 Å². The molecule has 29 heavy (non-hydrogen) atoms. The van der Waals surface area contributed by atoms with E-state index >= 15 is 0 Å². The molecule has 2 aliphatic rings. The molecule has 0 saturated carbocycles. The topological polar surface area (TPSA) is 101 Å². The maximum Gasteiger partial charge on any atom is 0.292 e. The SMILES string of the molecule is Cc1ncc(-c2ccc3nnc(C(=O)N4C5CCC4COC5)n3c2)c2cn[nH]c12. The molecule has 0 spiro atoms. The van der Waals surface area contributed by atoms with Crippen molar-refractivity contribution < 1.29 is 9.53 Å². The van der Waals surface area contributed by atoms with Crippen LogP contribution in [0.5, 0.6) is 0 Å². The minimum Gasteiger partial charge on any atom is -0.377 e. The van der Waals surface area contributed by atoms with Crippen molar-refractivity contribution in [1.29, 1.82) is 0 Å². The molecule has 2 fully saturated rings. The van der Waals surface area contributed by atoms with Crippen LogP contribution in [-0.4, -0.2) is 65.9 Å². The summed E-state index contributed by atoms with van der Waals surface area (Å²) in [7, 11) is 0. The van der Waals surface area contributed by atoms with Gasteiger partial charge in [0.05, 0.1) is 42.7 Å². The number of fused-ring (bicyclic) bond motifs is 4. The van der Waals surface area contributed by atoms with Gasteiger partial charge >= 0.3 is 0 Å². The van der Waals surface area contributed by atoms with Crippen molar-refractivity contribution in [2.45, 2.75) is 31.8 Å². The molecular formula is C20H19N7O2. The average molecular weight is 389 g/mol. The van der Waals surface area contributed by atoms with Crippen LogP contribution < -0.4 is 0 Å². The van der Waals surface area contributed by atoms with Crippen molar-refractivity contribution in [3.63, 3.8) is 0 Å². The van der Waals surface area contributed by atoms with Gasteiger partial charge in [-0.25, -0.2) is 0 Å². The molecule has 4 aromatic heterocycles. The summed E-state index contributed by atoms with van der Waals surface area (Å²) in [5.74, 6) is 0.255. The molecule has 6 heterocycles. The Kier molecular flexibility index (Phi) is 3.48. The first-order valence-electron chi connectivity index (χ1n) is 9.75. The molecule has 9 heteroatoms. The maximum absolute atomic E-state index is 13.3. The fraction of sp³-hybridized carbons (Fsp3) is 0.350. The number of H-pyrrole nitrogens is 1. The van der Waals surface area contributed by atoms with Crippen LogP contribution in [0.4, 0.5) is 0 Å². The monoisotopic (exact) mass is 389 g/mol. The molecule has 2 atom stereocenters. The van der Waals surface area contributed by atoms with Gasteiger partial charge in [0.1, 0.15) is 0 Å². The number of aromatic amines is 1. The molecule has 0 aliphatic carbocycles. The molecule has 6 rings (SSSR count). The van der Waals surface area contributed by atoms with Gasteiger partial charge in [-0.15, -0.1) is 10.2 Å². The minimum absolute atomic E-state index is 0.0825. The first-order chi connectivity index (χ1) is 14.2. The largest absolute Gasteiger partial charge is 0.377 e. The Labute approximate surface area is 165 Å². The number of aromatic nitrogens is 6. The van der Waals surface area contributed by atoms with E-state index in [0.29, 0.717) is 24.7 Å². The van der Waals surface area contributed by atoms with E-state index in [1.165, 1.54) is 0 Å². The molecule has 146 valence electrons. The Morgan fingerprint density at radius 2 is 2.00 bits per heavy atom. The summed E-state index contributed by atoms with van der Waals surface area (Å²) in [5, 5.41) is 16.6. The zero-order valence-electron chi connectivity index (χ0n) is 15.9. The third kappa shape index (κ3) is 2.40. The molecule has 2 saturated heterocycles. The van der Waals surface area contributed by atoms with E-state index in [1.54, 1.807) is 10.6 Å². The number of amides is 1. The molecule has 0 radical (unpaired) electrons. The van der Waals surface area contributed by atoms with Gasteiger partial charge in [-0.3, -0.25) is 19.3 Å². The second kappa shape index (κ2) is 6.08. The number of rotatable bonds is 2. The summed E-state index contributed by atoms with van der Waals surface area (Å²) < 4.78 is 7.39. The van der Waals surface area contributed by atoms with E-state index in [1.807, 2.05) is 36.4 Å². The van der Waals surface area contributed by atoms with Crippen molar-refractivity contribution in [1.82, 2.24) is 34.7 Å². The van der Waals surface area contributed by atoms with Gasteiger partial charge in [0.2, 0.25) is 5.82 Å². The van der Waals surface area contributed by atoms with Gasteiger partial charge in [0.25, 0.3) is 5.91 Å². The van der Waals surface area contributed by atoms with E-state index in [2.05, 4.69) is 25.4 Å². The number of pyridine rings is 2. The number of hydrogen-bond donors (Lipinski definition) is 1. The number of nitrogens with zero attached hydrogens (tertiary/aromatic N) is 6. The van der Waals surface area contributed by atoms with E-state index in [9.17, 15) is 4.79 Å².